The Balaban J connectivity index is 4.73. The smallest absolute Gasteiger partial charge is 0.305 e. The SMILES string of the molecule is CCCCCCCCCCCCCCCCCCCCCC(=O)OCC(COC(C)=O)(COC(=O)CCCCCCCCCCCCCCCCCCCCC)COC(=O)CCCCCCCCCCCCCCCCCCCCC. The summed E-state index contributed by atoms with van der Waals surface area (Å²) in [6.07, 6.45) is 74.6. The Morgan fingerprint density at radius 3 is 0.494 bits per heavy atom. The van der Waals surface area contributed by atoms with E-state index >= 15 is 0 Å². The molecule has 0 amide bonds. The lowest BCUT2D eigenvalue weighted by Gasteiger charge is -2.31. The molecule has 8 heteroatoms. The maximum absolute atomic E-state index is 13.1. The minimum Gasteiger partial charge on any atom is -0.465 e. The first kappa shape index (κ1) is 78.9. The minimum atomic E-state index is -1.19. The average Bonchev–Trinajstić information content (AvgIpc) is 3.47. The predicted molar refractivity (Wildman–Crippen MR) is 346 cm³/mol. The summed E-state index contributed by atoms with van der Waals surface area (Å²) in [4.78, 5) is 51.6. The van der Waals surface area contributed by atoms with Gasteiger partial charge < -0.3 is 18.9 Å². The Morgan fingerprint density at radius 2 is 0.346 bits per heavy atom. The highest BCUT2D eigenvalue weighted by molar-refractivity contribution is 5.70. The van der Waals surface area contributed by atoms with Gasteiger partial charge in [-0.25, -0.2) is 0 Å². The molecule has 0 atom stereocenters. The number of esters is 4. The van der Waals surface area contributed by atoms with Crippen LogP contribution in [0.25, 0.3) is 0 Å². The molecule has 0 heterocycles. The molecule has 0 aliphatic rings. The van der Waals surface area contributed by atoms with Crippen LogP contribution in [0.15, 0.2) is 0 Å². The minimum absolute atomic E-state index is 0.169. The Hall–Kier alpha value is -2.12. The molecule has 0 aromatic heterocycles. The molecule has 0 aliphatic heterocycles. The largest absolute Gasteiger partial charge is 0.465 e. The third-order valence-corrected chi connectivity index (χ3v) is 17.2. The van der Waals surface area contributed by atoms with E-state index in [1.54, 1.807) is 0 Å². The average molecular weight is 1150 g/mol. The van der Waals surface area contributed by atoms with Crippen LogP contribution in [-0.2, 0) is 38.1 Å². The summed E-state index contributed by atoms with van der Waals surface area (Å²) in [7, 11) is 0. The molecule has 0 rings (SSSR count). The van der Waals surface area contributed by atoms with Gasteiger partial charge in [0.15, 0.2) is 0 Å². The van der Waals surface area contributed by atoms with Crippen LogP contribution in [0.4, 0.5) is 0 Å². The van der Waals surface area contributed by atoms with Gasteiger partial charge in [-0.15, -0.1) is 0 Å². The van der Waals surface area contributed by atoms with Crippen LogP contribution in [-0.4, -0.2) is 50.3 Å². The zero-order valence-corrected chi connectivity index (χ0v) is 55.0. The van der Waals surface area contributed by atoms with Crippen LogP contribution in [0, 0.1) is 5.41 Å². The molecular formula is C73H140O8. The van der Waals surface area contributed by atoms with Gasteiger partial charge in [0.2, 0.25) is 0 Å². The molecule has 0 saturated carbocycles. The third-order valence-electron chi connectivity index (χ3n) is 17.2. The fraction of sp³-hybridized carbons (Fsp3) is 0.945. The van der Waals surface area contributed by atoms with Gasteiger partial charge in [0.25, 0.3) is 0 Å². The van der Waals surface area contributed by atoms with E-state index in [9.17, 15) is 19.2 Å². The molecule has 0 fully saturated rings. The molecule has 480 valence electrons. The Kier molecular flexibility index (Phi) is 63.7. The number of rotatable bonds is 68. The summed E-state index contributed by atoms with van der Waals surface area (Å²) in [6, 6.07) is 0. The normalized spacial score (nSPS) is 11.6. The quantitative estimate of drug-likeness (QED) is 0.0337. The van der Waals surface area contributed by atoms with Gasteiger partial charge in [0.1, 0.15) is 31.8 Å². The first-order valence-corrected chi connectivity index (χ1v) is 36.4. The maximum atomic E-state index is 13.1. The second-order valence-corrected chi connectivity index (χ2v) is 25.6. The van der Waals surface area contributed by atoms with Gasteiger partial charge in [-0.1, -0.05) is 367 Å². The highest BCUT2D eigenvalue weighted by Crippen LogP contribution is 2.24. The highest BCUT2D eigenvalue weighted by Gasteiger charge is 2.37. The van der Waals surface area contributed by atoms with Crippen LogP contribution >= 0.6 is 0 Å². The molecule has 0 radical (unpaired) electrons. The second kappa shape index (κ2) is 65.4. The van der Waals surface area contributed by atoms with Crippen molar-refractivity contribution < 1.29 is 38.1 Å². The zero-order valence-electron chi connectivity index (χ0n) is 55.0. The van der Waals surface area contributed by atoms with Crippen molar-refractivity contribution in [3.8, 4) is 0 Å². The molecule has 0 N–H and O–H groups in total. The summed E-state index contributed by atoms with van der Waals surface area (Å²) < 4.78 is 23.0. The third kappa shape index (κ3) is 62.2. The van der Waals surface area contributed by atoms with Crippen molar-refractivity contribution in [1.29, 1.82) is 0 Å². The van der Waals surface area contributed by atoms with Crippen molar-refractivity contribution in [2.24, 2.45) is 5.41 Å². The summed E-state index contributed by atoms with van der Waals surface area (Å²) in [5.41, 5.74) is -1.19. The maximum Gasteiger partial charge on any atom is 0.305 e. The number of unbranched alkanes of at least 4 members (excludes halogenated alkanes) is 54. The molecule has 0 unspecified atom stereocenters. The van der Waals surface area contributed by atoms with Crippen LogP contribution < -0.4 is 0 Å². The van der Waals surface area contributed by atoms with E-state index in [0.717, 1.165) is 57.8 Å². The molecular weight excluding hydrogens is 1000 g/mol. The number of carbonyl (C=O) groups is 4. The van der Waals surface area contributed by atoms with Crippen molar-refractivity contribution in [1.82, 2.24) is 0 Å². The number of hydrogen-bond acceptors (Lipinski definition) is 8. The van der Waals surface area contributed by atoms with Crippen LogP contribution in [0.5, 0.6) is 0 Å². The lowest BCUT2D eigenvalue weighted by molar-refractivity contribution is -0.170. The van der Waals surface area contributed by atoms with Crippen molar-refractivity contribution in [2.45, 2.75) is 413 Å². The summed E-state index contributed by atoms with van der Waals surface area (Å²) in [6.45, 7) is 7.48. The molecule has 0 aromatic rings. The molecule has 81 heavy (non-hydrogen) atoms. The number of carbonyl (C=O) groups excluding carboxylic acids is 4. The van der Waals surface area contributed by atoms with Crippen molar-refractivity contribution in [2.75, 3.05) is 26.4 Å². The zero-order chi connectivity index (χ0) is 58.9. The van der Waals surface area contributed by atoms with Gasteiger partial charge in [-0.05, 0) is 19.3 Å². The van der Waals surface area contributed by atoms with Gasteiger partial charge >= 0.3 is 23.9 Å². The van der Waals surface area contributed by atoms with Gasteiger partial charge in [0, 0.05) is 26.2 Å². The fourth-order valence-electron chi connectivity index (χ4n) is 11.5. The van der Waals surface area contributed by atoms with Gasteiger partial charge in [-0.3, -0.25) is 19.2 Å². The highest BCUT2D eigenvalue weighted by atomic mass is 16.6. The topological polar surface area (TPSA) is 105 Å². The Morgan fingerprint density at radius 1 is 0.210 bits per heavy atom. The molecule has 8 nitrogen and oxygen atoms in total. The van der Waals surface area contributed by atoms with E-state index in [2.05, 4.69) is 20.8 Å². The monoisotopic (exact) mass is 1150 g/mol. The summed E-state index contributed by atoms with van der Waals surface area (Å²) in [5, 5.41) is 0. The fourth-order valence-corrected chi connectivity index (χ4v) is 11.5. The summed E-state index contributed by atoms with van der Waals surface area (Å²) >= 11 is 0. The molecule has 0 spiro atoms. The van der Waals surface area contributed by atoms with Crippen molar-refractivity contribution >= 4 is 23.9 Å². The molecule has 0 saturated heterocycles. The first-order valence-electron chi connectivity index (χ1n) is 36.4. The van der Waals surface area contributed by atoms with Gasteiger partial charge in [-0.2, -0.15) is 0 Å². The van der Waals surface area contributed by atoms with E-state index in [-0.39, 0.29) is 44.3 Å². The molecule has 0 aromatic carbocycles. The van der Waals surface area contributed by atoms with E-state index in [1.165, 1.54) is 315 Å². The van der Waals surface area contributed by atoms with E-state index in [4.69, 9.17) is 18.9 Å². The first-order chi connectivity index (χ1) is 39.8. The lowest BCUT2D eigenvalue weighted by Crippen LogP contribution is -2.43. The Labute approximate surface area is 504 Å². The van der Waals surface area contributed by atoms with Crippen molar-refractivity contribution in [3.05, 3.63) is 0 Å². The van der Waals surface area contributed by atoms with Crippen LogP contribution in [0.3, 0.4) is 0 Å². The van der Waals surface area contributed by atoms with Crippen molar-refractivity contribution in [3.63, 3.8) is 0 Å². The van der Waals surface area contributed by atoms with E-state index in [1.807, 2.05) is 0 Å². The van der Waals surface area contributed by atoms with Crippen LogP contribution in [0.2, 0.25) is 0 Å². The predicted octanol–water partition coefficient (Wildman–Crippen LogP) is 23.6. The standard InChI is InChI=1S/C73H140O8/c1-5-8-11-14-17-20-23-26-29-32-35-38-41-44-47-50-53-56-59-62-70(75)79-66-73(65-78-69(4)74,67-80-71(76)63-60-57-54-51-48-45-42-39-36-33-30-27-24-21-18-15-12-9-6-2)68-81-72(77)64-61-58-55-52-49-46-43-40-37-34-31-28-25-22-19-16-13-10-7-3/h5-68H2,1-4H3. The molecule has 0 bridgehead atoms. The lowest BCUT2D eigenvalue weighted by atomic mass is 9.92. The Bertz CT molecular complexity index is 1180. The summed E-state index contributed by atoms with van der Waals surface area (Å²) in [5.74, 6) is -1.51. The number of ether oxygens (including phenoxy) is 4. The second-order valence-electron chi connectivity index (χ2n) is 25.6. The number of hydrogen-bond donors (Lipinski definition) is 0. The van der Waals surface area contributed by atoms with Crippen LogP contribution in [0.1, 0.15) is 413 Å². The van der Waals surface area contributed by atoms with E-state index < -0.39 is 11.4 Å². The van der Waals surface area contributed by atoms with E-state index in [0.29, 0.717) is 19.3 Å². The van der Waals surface area contributed by atoms with Gasteiger partial charge in [0.05, 0.1) is 0 Å². The molecule has 0 aliphatic carbocycles.